The third kappa shape index (κ3) is 3.85. The predicted octanol–water partition coefficient (Wildman–Crippen LogP) is 4.75. The van der Waals surface area contributed by atoms with Gasteiger partial charge in [-0.1, -0.05) is 24.3 Å². The van der Waals surface area contributed by atoms with Crippen molar-refractivity contribution in [1.82, 2.24) is 0 Å². The Labute approximate surface area is 169 Å². The van der Waals surface area contributed by atoms with Gasteiger partial charge in [0.1, 0.15) is 24.1 Å². The normalized spacial score (nSPS) is 21.3. The van der Waals surface area contributed by atoms with Crippen LogP contribution in [0.15, 0.2) is 36.4 Å². The van der Waals surface area contributed by atoms with Gasteiger partial charge in [-0.2, -0.15) is 13.2 Å². The molecule has 1 fully saturated rings. The lowest BCUT2D eigenvalue weighted by Gasteiger charge is -2.21. The molecule has 0 N–H and O–H groups in total. The summed E-state index contributed by atoms with van der Waals surface area (Å²) in [5, 5.41) is 0. The summed E-state index contributed by atoms with van der Waals surface area (Å²) in [6, 6.07) is 6.69. The Morgan fingerprint density at radius 1 is 1.20 bits per heavy atom. The van der Waals surface area contributed by atoms with Crippen LogP contribution in [0, 0.1) is 19.3 Å². The highest BCUT2D eigenvalue weighted by Gasteiger charge is 2.54. The van der Waals surface area contributed by atoms with Crippen LogP contribution in [0.25, 0.3) is 4.85 Å². The van der Waals surface area contributed by atoms with E-state index >= 15 is 0 Å². The maximum atomic E-state index is 13.6. The summed E-state index contributed by atoms with van der Waals surface area (Å²) in [5.74, 6) is -3.82. The van der Waals surface area contributed by atoms with Crippen molar-refractivity contribution in [2.24, 2.45) is 0 Å². The molecule has 156 valence electrons. The van der Waals surface area contributed by atoms with Gasteiger partial charge in [0.05, 0.1) is 12.1 Å². The van der Waals surface area contributed by atoms with Gasteiger partial charge in [-0.15, -0.1) is 0 Å². The lowest BCUT2D eigenvalue weighted by Crippen LogP contribution is -2.40. The maximum Gasteiger partial charge on any atom is 0.407 e. The van der Waals surface area contributed by atoms with E-state index in [9.17, 15) is 27.2 Å². The Hall–Kier alpha value is -3.41. The van der Waals surface area contributed by atoms with E-state index in [1.165, 1.54) is 19.1 Å². The second kappa shape index (κ2) is 7.44. The number of Topliss-reactive ketones (excluding diaryl/α,β-unsaturated/α-hetero) is 1. The van der Waals surface area contributed by atoms with Crippen LogP contribution in [-0.4, -0.2) is 24.0 Å². The average molecular weight is 421 g/mol. The summed E-state index contributed by atoms with van der Waals surface area (Å²) >= 11 is 0. The maximum absolute atomic E-state index is 13.6. The third-order valence-electron chi connectivity index (χ3n) is 4.78. The van der Waals surface area contributed by atoms with E-state index in [0.29, 0.717) is 11.6 Å². The first-order valence-corrected chi connectivity index (χ1v) is 8.71. The standard InChI is InChI=1S/C21H15F4NO4/c1-11-4-6-13(9-15(11)22)29-10-20(2)18(27)17(19(28)30-20)12-5-7-16(26-3)14(8-12)21(23,24)25/h4-9,17H,10H2,1-2H3. The number of halogens is 4. The predicted molar refractivity (Wildman–Crippen MR) is 96.6 cm³/mol. The van der Waals surface area contributed by atoms with Crippen LogP contribution < -0.4 is 4.74 Å². The van der Waals surface area contributed by atoms with E-state index in [2.05, 4.69) is 4.85 Å². The SMILES string of the molecule is [C-]#[N+]c1ccc(C2C(=O)OC(C)(COc3ccc(C)c(F)c3)C2=O)cc1C(F)(F)F. The second-order valence-electron chi connectivity index (χ2n) is 7.04. The molecule has 9 heteroatoms. The number of alkyl halides is 3. The lowest BCUT2D eigenvalue weighted by molar-refractivity contribution is -0.153. The molecule has 1 heterocycles. The van der Waals surface area contributed by atoms with E-state index in [0.717, 1.165) is 18.2 Å². The Morgan fingerprint density at radius 3 is 2.50 bits per heavy atom. The van der Waals surface area contributed by atoms with Crippen LogP contribution in [0.4, 0.5) is 23.2 Å². The number of ketones is 1. The minimum Gasteiger partial charge on any atom is -0.489 e. The molecule has 0 aliphatic carbocycles. The number of carbonyl (C=O) groups is 2. The smallest absolute Gasteiger partial charge is 0.407 e. The Balaban J connectivity index is 1.87. The van der Waals surface area contributed by atoms with Crippen molar-refractivity contribution >= 4 is 17.4 Å². The summed E-state index contributed by atoms with van der Waals surface area (Å²) in [6.07, 6.45) is -4.83. The Kier molecular flexibility index (Phi) is 5.29. The van der Waals surface area contributed by atoms with Crippen LogP contribution in [-0.2, 0) is 20.5 Å². The zero-order valence-corrected chi connectivity index (χ0v) is 15.8. The fourth-order valence-electron chi connectivity index (χ4n) is 3.07. The van der Waals surface area contributed by atoms with Gasteiger partial charge in [-0.3, -0.25) is 9.59 Å². The molecule has 1 aliphatic rings. The van der Waals surface area contributed by atoms with Gasteiger partial charge >= 0.3 is 12.1 Å². The quantitative estimate of drug-likeness (QED) is 0.309. The minimum atomic E-state index is -4.83. The van der Waals surface area contributed by atoms with Gasteiger partial charge in [0, 0.05) is 6.07 Å². The fourth-order valence-corrected chi connectivity index (χ4v) is 3.07. The summed E-state index contributed by atoms with van der Waals surface area (Å²) in [7, 11) is 0. The summed E-state index contributed by atoms with van der Waals surface area (Å²) in [4.78, 5) is 28.0. The van der Waals surface area contributed by atoms with Gasteiger partial charge < -0.3 is 9.47 Å². The van der Waals surface area contributed by atoms with E-state index in [4.69, 9.17) is 16.0 Å². The molecule has 0 spiro atoms. The Morgan fingerprint density at radius 2 is 1.90 bits per heavy atom. The number of nitrogens with zero attached hydrogens (tertiary/aromatic N) is 1. The zero-order chi connectivity index (χ0) is 22.3. The van der Waals surface area contributed by atoms with Crippen LogP contribution in [0.5, 0.6) is 5.75 Å². The number of carbonyl (C=O) groups excluding carboxylic acids is 2. The number of cyclic esters (lactones) is 1. The highest BCUT2D eigenvalue weighted by Crippen LogP contribution is 2.41. The molecule has 0 saturated carbocycles. The summed E-state index contributed by atoms with van der Waals surface area (Å²) in [6.45, 7) is 9.26. The number of hydrogen-bond acceptors (Lipinski definition) is 4. The topological polar surface area (TPSA) is 57.0 Å². The first-order valence-electron chi connectivity index (χ1n) is 8.71. The molecule has 0 bridgehead atoms. The third-order valence-corrected chi connectivity index (χ3v) is 4.78. The molecule has 5 nitrogen and oxygen atoms in total. The van der Waals surface area contributed by atoms with Crippen molar-refractivity contribution in [2.45, 2.75) is 31.5 Å². The molecule has 2 unspecified atom stereocenters. The van der Waals surface area contributed by atoms with Crippen LogP contribution in [0.1, 0.15) is 29.5 Å². The first-order chi connectivity index (χ1) is 14.0. The zero-order valence-electron chi connectivity index (χ0n) is 15.8. The fraction of sp³-hybridized carbons (Fsp3) is 0.286. The largest absolute Gasteiger partial charge is 0.489 e. The molecule has 1 aliphatic heterocycles. The highest BCUT2D eigenvalue weighted by atomic mass is 19.4. The second-order valence-corrected chi connectivity index (χ2v) is 7.04. The molecule has 2 aromatic carbocycles. The van der Waals surface area contributed by atoms with Crippen LogP contribution in [0.2, 0.25) is 0 Å². The van der Waals surface area contributed by atoms with Crippen LogP contribution >= 0.6 is 0 Å². The van der Waals surface area contributed by atoms with Gasteiger partial charge in [-0.05, 0) is 31.0 Å². The van der Waals surface area contributed by atoms with E-state index in [1.807, 2.05) is 0 Å². The van der Waals surface area contributed by atoms with Crippen molar-refractivity contribution in [2.75, 3.05) is 6.61 Å². The van der Waals surface area contributed by atoms with E-state index < -0.39 is 53.1 Å². The summed E-state index contributed by atoms with van der Waals surface area (Å²) in [5.41, 5.74) is -3.48. The van der Waals surface area contributed by atoms with Crippen molar-refractivity contribution < 1.29 is 36.6 Å². The molecule has 30 heavy (non-hydrogen) atoms. The molecule has 2 aromatic rings. The molecule has 0 amide bonds. The number of benzene rings is 2. The lowest BCUT2D eigenvalue weighted by atomic mass is 9.88. The number of hydrogen-bond donors (Lipinski definition) is 0. The molecule has 0 radical (unpaired) electrons. The summed E-state index contributed by atoms with van der Waals surface area (Å²) < 4.78 is 63.8. The number of rotatable bonds is 4. The first kappa shape index (κ1) is 21.3. The molecule has 0 aromatic heterocycles. The average Bonchev–Trinajstić information content (AvgIpc) is 2.90. The van der Waals surface area contributed by atoms with E-state index in [-0.39, 0.29) is 11.3 Å². The van der Waals surface area contributed by atoms with Crippen molar-refractivity contribution in [3.63, 3.8) is 0 Å². The van der Waals surface area contributed by atoms with E-state index in [1.54, 1.807) is 6.92 Å². The van der Waals surface area contributed by atoms with Crippen molar-refractivity contribution in [3.8, 4) is 5.75 Å². The Bertz CT molecular complexity index is 1070. The monoisotopic (exact) mass is 421 g/mol. The van der Waals surface area contributed by atoms with Crippen molar-refractivity contribution in [1.29, 1.82) is 0 Å². The minimum absolute atomic E-state index is 0.104. The highest BCUT2D eigenvalue weighted by molar-refractivity contribution is 6.13. The molecule has 2 atom stereocenters. The van der Waals surface area contributed by atoms with Gasteiger partial charge in [0.2, 0.25) is 5.60 Å². The van der Waals surface area contributed by atoms with Gasteiger partial charge in [0.15, 0.2) is 11.5 Å². The molecular weight excluding hydrogens is 406 g/mol. The molecule has 3 rings (SSSR count). The molecule has 1 saturated heterocycles. The number of ether oxygens (including phenoxy) is 2. The van der Waals surface area contributed by atoms with Crippen LogP contribution in [0.3, 0.4) is 0 Å². The van der Waals surface area contributed by atoms with Crippen molar-refractivity contribution in [3.05, 3.63) is 70.3 Å². The van der Waals surface area contributed by atoms with Gasteiger partial charge in [0.25, 0.3) is 0 Å². The number of esters is 1. The molecular formula is C21H15F4NO4. The number of aryl methyl sites for hydroxylation is 1. The van der Waals surface area contributed by atoms with Gasteiger partial charge in [-0.25, -0.2) is 9.24 Å².